The number of piperazine rings is 1. The summed E-state index contributed by atoms with van der Waals surface area (Å²) in [4.78, 5) is 36.7. The Hall–Kier alpha value is -4.51. The summed E-state index contributed by atoms with van der Waals surface area (Å²) in [6.07, 6.45) is 7.15. The second-order valence-electron chi connectivity index (χ2n) is 11.9. The molecule has 4 heterocycles. The third-order valence-electron chi connectivity index (χ3n) is 7.72. The van der Waals surface area contributed by atoms with Crippen LogP contribution in [0.2, 0.25) is 0 Å². The topological polar surface area (TPSA) is 134 Å². The van der Waals surface area contributed by atoms with Crippen LogP contribution >= 0.6 is 0 Å². The highest BCUT2D eigenvalue weighted by atomic mass is 16.2. The Bertz CT molecular complexity index is 1530. The fraction of sp³-hybridized carbons (Fsp3) is 0.406. The number of nitrogens with one attached hydrogen (secondary N) is 2. The lowest BCUT2D eigenvalue weighted by molar-refractivity contribution is 0.0735. The van der Waals surface area contributed by atoms with E-state index < -0.39 is 0 Å². The number of benzene rings is 2. The molecular formula is C32H41N9O2. The van der Waals surface area contributed by atoms with E-state index in [1.165, 1.54) is 12.0 Å². The van der Waals surface area contributed by atoms with E-state index in [1.807, 2.05) is 47.5 Å². The Balaban J connectivity index is 0.000000239. The van der Waals surface area contributed by atoms with E-state index in [0.717, 1.165) is 57.8 Å². The molecule has 6 rings (SSSR count). The van der Waals surface area contributed by atoms with Gasteiger partial charge in [-0.2, -0.15) is 4.98 Å². The van der Waals surface area contributed by atoms with Crippen LogP contribution in [0.3, 0.4) is 0 Å². The first-order chi connectivity index (χ1) is 20.7. The quantitative estimate of drug-likeness (QED) is 0.321. The lowest BCUT2D eigenvalue weighted by Gasteiger charge is -2.27. The summed E-state index contributed by atoms with van der Waals surface area (Å²) in [5, 5.41) is 11.3. The molecule has 2 aliphatic rings. The second-order valence-corrected chi connectivity index (χ2v) is 11.9. The third kappa shape index (κ3) is 7.47. The van der Waals surface area contributed by atoms with Gasteiger partial charge in [0, 0.05) is 68.5 Å². The van der Waals surface area contributed by atoms with Gasteiger partial charge in [0.2, 0.25) is 11.9 Å². The van der Waals surface area contributed by atoms with Crippen molar-refractivity contribution in [3.63, 3.8) is 0 Å². The molecule has 2 aliphatic heterocycles. The molecule has 0 radical (unpaired) electrons. The molecule has 2 fully saturated rings. The van der Waals surface area contributed by atoms with Crippen molar-refractivity contribution in [3.05, 3.63) is 77.6 Å². The van der Waals surface area contributed by atoms with Crippen molar-refractivity contribution in [2.45, 2.75) is 45.4 Å². The Morgan fingerprint density at radius 3 is 2.16 bits per heavy atom. The van der Waals surface area contributed by atoms with E-state index in [2.05, 4.69) is 46.4 Å². The zero-order valence-corrected chi connectivity index (χ0v) is 25.2. The van der Waals surface area contributed by atoms with E-state index in [9.17, 15) is 9.59 Å². The zero-order valence-electron chi connectivity index (χ0n) is 25.2. The Labute approximate surface area is 252 Å². The molecule has 0 aliphatic carbocycles. The number of carbonyl (C=O) groups is 2. The first kappa shape index (κ1) is 30.0. The molecule has 4 N–H and O–H groups in total. The smallest absolute Gasteiger partial charge is 0.253 e. The number of rotatable bonds is 5. The van der Waals surface area contributed by atoms with Crippen LogP contribution in [0.4, 0.5) is 17.5 Å². The van der Waals surface area contributed by atoms with Crippen molar-refractivity contribution in [1.29, 1.82) is 0 Å². The zero-order chi connectivity index (χ0) is 30.4. The van der Waals surface area contributed by atoms with E-state index in [-0.39, 0.29) is 17.2 Å². The van der Waals surface area contributed by atoms with Gasteiger partial charge in [-0.1, -0.05) is 32.9 Å². The van der Waals surface area contributed by atoms with Crippen LogP contribution in [0.15, 0.2) is 60.9 Å². The summed E-state index contributed by atoms with van der Waals surface area (Å²) < 4.78 is 1.77. The number of aromatic nitrogens is 4. The van der Waals surface area contributed by atoms with Gasteiger partial charge in [-0.15, -0.1) is 5.10 Å². The lowest BCUT2D eigenvalue weighted by Crippen LogP contribution is -2.46. The molecule has 11 heteroatoms. The first-order valence-corrected chi connectivity index (χ1v) is 14.9. The van der Waals surface area contributed by atoms with Crippen LogP contribution in [0, 0.1) is 0 Å². The Morgan fingerprint density at radius 2 is 1.53 bits per heavy atom. The maximum Gasteiger partial charge on any atom is 0.253 e. The third-order valence-corrected chi connectivity index (χ3v) is 7.72. The number of hydrogen-bond donors (Lipinski definition) is 3. The molecule has 2 saturated heterocycles. The fourth-order valence-electron chi connectivity index (χ4n) is 5.15. The highest BCUT2D eigenvalue weighted by Gasteiger charge is 2.19. The van der Waals surface area contributed by atoms with Crippen molar-refractivity contribution < 1.29 is 9.59 Å². The summed E-state index contributed by atoms with van der Waals surface area (Å²) in [7, 11) is 0. The highest BCUT2D eigenvalue weighted by molar-refractivity contribution is 5.95. The summed E-state index contributed by atoms with van der Waals surface area (Å²) in [5.74, 6) is 1.08. The molecule has 0 spiro atoms. The number of hydrogen-bond acceptors (Lipinski definition) is 8. The number of imidazole rings is 1. The van der Waals surface area contributed by atoms with E-state index >= 15 is 0 Å². The summed E-state index contributed by atoms with van der Waals surface area (Å²) in [6.45, 7) is 11.5. The van der Waals surface area contributed by atoms with Gasteiger partial charge in [0.05, 0.1) is 0 Å². The molecule has 4 aromatic rings. The van der Waals surface area contributed by atoms with E-state index in [4.69, 9.17) is 10.7 Å². The minimum Gasteiger partial charge on any atom is -0.366 e. The van der Waals surface area contributed by atoms with Gasteiger partial charge in [-0.25, -0.2) is 9.50 Å². The van der Waals surface area contributed by atoms with Crippen LogP contribution in [0.5, 0.6) is 0 Å². The van der Waals surface area contributed by atoms with Crippen LogP contribution in [0.25, 0.3) is 5.65 Å². The van der Waals surface area contributed by atoms with Gasteiger partial charge in [0.15, 0.2) is 11.5 Å². The van der Waals surface area contributed by atoms with E-state index in [0.29, 0.717) is 28.5 Å². The predicted octanol–water partition coefficient (Wildman–Crippen LogP) is 3.99. The fourth-order valence-corrected chi connectivity index (χ4v) is 5.15. The molecule has 2 aromatic heterocycles. The van der Waals surface area contributed by atoms with Gasteiger partial charge < -0.3 is 26.2 Å². The monoisotopic (exact) mass is 583 g/mol. The SMILES string of the molecule is CC(C)(C)c1ccc(C(N)=O)cc1.O=C(c1ccc(Nc2nc(N3CCCCC3)nn3ccnc23)cc1)N1CCNCC1. The standard InChI is InChI=1S/C21H26N8O.C11H15NO/c30-20(27-13-8-22-9-14-27)16-4-6-17(7-5-16)24-18-19-23-10-15-29(19)26-21(25-18)28-11-2-1-3-12-28;1-11(2,3)9-6-4-8(5-7-9)10(12)13/h4-7,10,15,22H,1-3,8-9,11-14H2,(H,24,25,26);4-7H,1-3H3,(H2,12,13). The van der Waals surface area contributed by atoms with Crippen molar-refractivity contribution in [1.82, 2.24) is 29.8 Å². The number of anilines is 3. The van der Waals surface area contributed by atoms with Crippen molar-refractivity contribution >= 4 is 34.9 Å². The van der Waals surface area contributed by atoms with E-state index in [1.54, 1.807) is 22.8 Å². The number of primary amides is 1. The Morgan fingerprint density at radius 1 is 0.884 bits per heavy atom. The highest BCUT2D eigenvalue weighted by Crippen LogP contribution is 2.24. The molecule has 43 heavy (non-hydrogen) atoms. The van der Waals surface area contributed by atoms with Gasteiger partial charge in [-0.05, 0) is 66.6 Å². The number of nitrogens with zero attached hydrogens (tertiary/aromatic N) is 6. The minimum absolute atomic E-state index is 0.0770. The van der Waals surface area contributed by atoms with Crippen molar-refractivity contribution in [2.24, 2.45) is 5.73 Å². The predicted molar refractivity (Wildman–Crippen MR) is 169 cm³/mol. The van der Waals surface area contributed by atoms with Gasteiger partial charge in [0.1, 0.15) is 0 Å². The number of amides is 2. The summed E-state index contributed by atoms with van der Waals surface area (Å²) >= 11 is 0. The second kappa shape index (κ2) is 13.2. The molecule has 0 bridgehead atoms. The largest absolute Gasteiger partial charge is 0.366 e. The average Bonchev–Trinajstić information content (AvgIpc) is 3.51. The van der Waals surface area contributed by atoms with Gasteiger partial charge in [0.25, 0.3) is 5.91 Å². The lowest BCUT2D eigenvalue weighted by atomic mass is 9.87. The molecule has 11 nitrogen and oxygen atoms in total. The molecule has 2 amide bonds. The Kier molecular flexibility index (Phi) is 9.20. The first-order valence-electron chi connectivity index (χ1n) is 14.9. The number of nitrogens with two attached hydrogens (primary N) is 1. The number of carbonyl (C=O) groups excluding carboxylic acids is 2. The van der Waals surface area contributed by atoms with Crippen LogP contribution in [-0.4, -0.2) is 75.6 Å². The molecule has 0 saturated carbocycles. The molecule has 226 valence electrons. The van der Waals surface area contributed by atoms with Crippen molar-refractivity contribution in [3.8, 4) is 0 Å². The van der Waals surface area contributed by atoms with Crippen LogP contribution < -0.4 is 21.3 Å². The molecular weight excluding hydrogens is 542 g/mol. The van der Waals surface area contributed by atoms with Gasteiger partial charge in [-0.3, -0.25) is 9.59 Å². The number of piperidine rings is 1. The molecule has 0 atom stereocenters. The van der Waals surface area contributed by atoms with Crippen LogP contribution in [-0.2, 0) is 5.41 Å². The molecule has 2 aromatic carbocycles. The normalized spacial score (nSPS) is 15.5. The number of fused-ring (bicyclic) bond motifs is 1. The summed E-state index contributed by atoms with van der Waals surface area (Å²) in [6, 6.07) is 15.0. The van der Waals surface area contributed by atoms with Gasteiger partial charge >= 0.3 is 0 Å². The summed E-state index contributed by atoms with van der Waals surface area (Å²) in [5.41, 5.74) is 9.26. The average molecular weight is 584 g/mol. The van der Waals surface area contributed by atoms with Crippen molar-refractivity contribution in [2.75, 3.05) is 49.5 Å². The molecule has 0 unspecified atom stereocenters. The maximum atomic E-state index is 12.7. The maximum absolute atomic E-state index is 12.7. The van der Waals surface area contributed by atoms with Crippen LogP contribution in [0.1, 0.15) is 66.3 Å². The minimum atomic E-state index is -0.375.